The van der Waals surface area contributed by atoms with Gasteiger partial charge in [0.2, 0.25) is 0 Å². The Morgan fingerprint density at radius 2 is 1.84 bits per heavy atom. The minimum absolute atomic E-state index is 0.0248. The van der Waals surface area contributed by atoms with Gasteiger partial charge < -0.3 is 10.5 Å². The van der Waals surface area contributed by atoms with Crippen LogP contribution in [0.15, 0.2) is 24.3 Å². The summed E-state index contributed by atoms with van der Waals surface area (Å²) in [5.74, 6) is 0.734. The summed E-state index contributed by atoms with van der Waals surface area (Å²) in [6.45, 7) is 0. The van der Waals surface area contributed by atoms with Crippen LogP contribution in [-0.4, -0.2) is 12.7 Å². The van der Waals surface area contributed by atoms with Crippen LogP contribution in [-0.2, 0) is 4.74 Å². The Morgan fingerprint density at radius 3 is 2.42 bits per heavy atom. The first-order chi connectivity index (χ1) is 9.27. The number of benzene rings is 1. The van der Waals surface area contributed by atoms with Crippen molar-refractivity contribution in [2.45, 2.75) is 62.5 Å². The second-order valence-corrected chi connectivity index (χ2v) is 6.21. The van der Waals surface area contributed by atoms with Gasteiger partial charge in [-0.3, -0.25) is 0 Å². The molecule has 2 aliphatic rings. The maximum atomic E-state index is 6.64. The molecular formula is C17H25NO. The van der Waals surface area contributed by atoms with Gasteiger partial charge in [0.15, 0.2) is 0 Å². The van der Waals surface area contributed by atoms with Crippen LogP contribution in [0.1, 0.15) is 68.0 Å². The van der Waals surface area contributed by atoms with Crippen LogP contribution in [0.3, 0.4) is 0 Å². The summed E-state index contributed by atoms with van der Waals surface area (Å²) in [7, 11) is 1.83. The Hall–Kier alpha value is -0.860. The summed E-state index contributed by atoms with van der Waals surface area (Å²) in [6.07, 6.45) is 8.70. The fourth-order valence-electron chi connectivity index (χ4n) is 3.78. The van der Waals surface area contributed by atoms with Crippen LogP contribution in [0.4, 0.5) is 0 Å². The molecule has 2 fully saturated rings. The fraction of sp³-hybridized carbons (Fsp3) is 0.647. The molecule has 1 atom stereocenters. The Bertz CT molecular complexity index is 433. The molecule has 1 unspecified atom stereocenters. The Kier molecular flexibility index (Phi) is 3.64. The molecule has 0 spiro atoms. The van der Waals surface area contributed by atoms with E-state index >= 15 is 0 Å². The minimum Gasteiger partial charge on any atom is -0.376 e. The summed E-state index contributed by atoms with van der Waals surface area (Å²) < 4.78 is 5.88. The summed E-state index contributed by atoms with van der Waals surface area (Å²) in [5, 5.41) is 0. The lowest BCUT2D eigenvalue weighted by Gasteiger charge is -2.37. The first-order valence-electron chi connectivity index (χ1n) is 7.66. The van der Waals surface area contributed by atoms with E-state index in [4.69, 9.17) is 10.5 Å². The normalized spacial score (nSPS) is 24.1. The third-order valence-electron chi connectivity index (χ3n) is 5.30. The largest absolute Gasteiger partial charge is 0.376 e. The fourth-order valence-corrected chi connectivity index (χ4v) is 3.78. The molecule has 1 aromatic rings. The van der Waals surface area contributed by atoms with Crippen LogP contribution in [0.25, 0.3) is 0 Å². The third kappa shape index (κ3) is 2.21. The molecule has 3 rings (SSSR count). The zero-order chi connectivity index (χ0) is 13.3. The molecule has 2 nitrogen and oxygen atoms in total. The van der Waals surface area contributed by atoms with E-state index in [1.165, 1.54) is 43.2 Å². The number of hydrogen-bond acceptors (Lipinski definition) is 2. The van der Waals surface area contributed by atoms with Crippen LogP contribution < -0.4 is 5.73 Å². The van der Waals surface area contributed by atoms with Crippen molar-refractivity contribution in [1.82, 2.24) is 0 Å². The van der Waals surface area contributed by atoms with Gasteiger partial charge in [0.25, 0.3) is 0 Å². The van der Waals surface area contributed by atoms with Crippen LogP contribution >= 0.6 is 0 Å². The highest BCUT2D eigenvalue weighted by Crippen LogP contribution is 2.45. The standard InChI is InChI=1S/C17H25NO/c1-19-17(11-4-5-12-17)16(18)15-10-3-2-9-14(15)13-7-6-8-13/h2-3,9-10,13,16H,4-8,11-12,18H2,1H3. The second-order valence-electron chi connectivity index (χ2n) is 6.21. The van der Waals surface area contributed by atoms with Gasteiger partial charge in [-0.05, 0) is 42.7 Å². The molecule has 2 N–H and O–H groups in total. The van der Waals surface area contributed by atoms with Crippen molar-refractivity contribution in [3.05, 3.63) is 35.4 Å². The molecule has 0 aromatic heterocycles. The molecule has 0 bridgehead atoms. The quantitative estimate of drug-likeness (QED) is 0.889. The van der Waals surface area contributed by atoms with Crippen molar-refractivity contribution in [1.29, 1.82) is 0 Å². The van der Waals surface area contributed by atoms with Gasteiger partial charge >= 0.3 is 0 Å². The van der Waals surface area contributed by atoms with Crippen molar-refractivity contribution in [3.8, 4) is 0 Å². The maximum Gasteiger partial charge on any atom is 0.0870 e. The average molecular weight is 259 g/mol. The van der Waals surface area contributed by atoms with Crippen LogP contribution in [0.5, 0.6) is 0 Å². The first-order valence-corrected chi connectivity index (χ1v) is 7.66. The molecule has 0 amide bonds. The maximum absolute atomic E-state index is 6.64. The van der Waals surface area contributed by atoms with E-state index in [0.29, 0.717) is 0 Å². The van der Waals surface area contributed by atoms with Crippen molar-refractivity contribution in [3.63, 3.8) is 0 Å². The van der Waals surface area contributed by atoms with E-state index in [0.717, 1.165) is 18.8 Å². The highest BCUT2D eigenvalue weighted by atomic mass is 16.5. The molecule has 0 heterocycles. The summed E-state index contributed by atoms with van der Waals surface area (Å²) in [4.78, 5) is 0. The summed E-state index contributed by atoms with van der Waals surface area (Å²) >= 11 is 0. The van der Waals surface area contributed by atoms with E-state index in [1.54, 1.807) is 0 Å². The molecule has 2 heteroatoms. The number of methoxy groups -OCH3 is 1. The van der Waals surface area contributed by atoms with Crippen molar-refractivity contribution >= 4 is 0 Å². The molecule has 0 aliphatic heterocycles. The molecule has 2 aliphatic carbocycles. The molecule has 1 aromatic carbocycles. The van der Waals surface area contributed by atoms with Gasteiger partial charge in [-0.25, -0.2) is 0 Å². The highest BCUT2D eigenvalue weighted by Gasteiger charge is 2.41. The second kappa shape index (κ2) is 5.26. The Morgan fingerprint density at radius 1 is 1.16 bits per heavy atom. The van der Waals surface area contributed by atoms with Crippen LogP contribution in [0.2, 0.25) is 0 Å². The van der Waals surface area contributed by atoms with E-state index in [-0.39, 0.29) is 11.6 Å². The lowest BCUT2D eigenvalue weighted by atomic mass is 9.75. The SMILES string of the molecule is COC1(C(N)c2ccccc2C2CCC2)CCCC1. The predicted octanol–water partition coefficient (Wildman–Crippen LogP) is 3.91. The number of ether oxygens (including phenoxy) is 1. The smallest absolute Gasteiger partial charge is 0.0870 e. The zero-order valence-corrected chi connectivity index (χ0v) is 11.9. The Balaban J connectivity index is 1.92. The minimum atomic E-state index is -0.125. The third-order valence-corrected chi connectivity index (χ3v) is 5.30. The van der Waals surface area contributed by atoms with Gasteiger partial charge in [-0.1, -0.05) is 43.5 Å². The lowest BCUT2D eigenvalue weighted by molar-refractivity contribution is -0.0267. The summed E-state index contributed by atoms with van der Waals surface area (Å²) in [5.41, 5.74) is 9.32. The zero-order valence-electron chi connectivity index (χ0n) is 11.9. The molecule has 0 radical (unpaired) electrons. The van der Waals surface area contributed by atoms with Crippen molar-refractivity contribution in [2.75, 3.05) is 7.11 Å². The highest BCUT2D eigenvalue weighted by molar-refractivity contribution is 5.36. The van der Waals surface area contributed by atoms with Crippen molar-refractivity contribution < 1.29 is 4.74 Å². The summed E-state index contributed by atoms with van der Waals surface area (Å²) in [6, 6.07) is 8.79. The first kappa shape index (κ1) is 13.1. The number of rotatable bonds is 4. The monoisotopic (exact) mass is 259 g/mol. The van der Waals surface area contributed by atoms with E-state index in [2.05, 4.69) is 24.3 Å². The van der Waals surface area contributed by atoms with Gasteiger partial charge in [-0.15, -0.1) is 0 Å². The molecular weight excluding hydrogens is 234 g/mol. The van der Waals surface area contributed by atoms with Crippen molar-refractivity contribution in [2.24, 2.45) is 5.73 Å². The molecule has 104 valence electrons. The van der Waals surface area contributed by atoms with E-state index in [9.17, 15) is 0 Å². The predicted molar refractivity (Wildman–Crippen MR) is 78.2 cm³/mol. The Labute approximate surface area is 116 Å². The topological polar surface area (TPSA) is 35.2 Å². The van der Waals surface area contributed by atoms with Gasteiger partial charge in [0, 0.05) is 7.11 Å². The average Bonchev–Trinajstić information content (AvgIpc) is 2.86. The number of hydrogen-bond donors (Lipinski definition) is 1. The van der Waals surface area contributed by atoms with Gasteiger partial charge in [0.1, 0.15) is 0 Å². The molecule has 2 saturated carbocycles. The number of nitrogens with two attached hydrogens (primary N) is 1. The van der Waals surface area contributed by atoms with Crippen LogP contribution in [0, 0.1) is 0 Å². The molecule has 19 heavy (non-hydrogen) atoms. The van der Waals surface area contributed by atoms with E-state index < -0.39 is 0 Å². The van der Waals surface area contributed by atoms with E-state index in [1.807, 2.05) is 7.11 Å². The molecule has 0 saturated heterocycles. The van der Waals surface area contributed by atoms with Gasteiger partial charge in [-0.2, -0.15) is 0 Å². The van der Waals surface area contributed by atoms with Gasteiger partial charge in [0.05, 0.1) is 11.6 Å². The lowest BCUT2D eigenvalue weighted by Crippen LogP contribution is -2.41.